The van der Waals surface area contributed by atoms with Gasteiger partial charge >= 0.3 is 0 Å². The largest absolute Gasteiger partial charge is 0.491 e. The van der Waals surface area contributed by atoms with Gasteiger partial charge in [-0.1, -0.05) is 12.1 Å². The number of aromatic nitrogens is 2. The highest BCUT2D eigenvalue weighted by atomic mass is 16.5. The van der Waals surface area contributed by atoms with Crippen molar-refractivity contribution < 1.29 is 14.6 Å². The number of aliphatic hydroxyl groups is 1. The van der Waals surface area contributed by atoms with Crippen molar-refractivity contribution in [1.29, 1.82) is 0 Å². The Hall–Kier alpha value is -2.34. The summed E-state index contributed by atoms with van der Waals surface area (Å²) in [6.45, 7) is 5.81. The van der Waals surface area contributed by atoms with Gasteiger partial charge in [0, 0.05) is 18.9 Å². The molecule has 23 heavy (non-hydrogen) atoms. The van der Waals surface area contributed by atoms with E-state index in [1.54, 1.807) is 36.3 Å². The molecular weight excluding hydrogens is 294 g/mol. The highest BCUT2D eigenvalue weighted by Crippen LogP contribution is 2.20. The molecule has 2 rings (SSSR count). The molecule has 124 valence electrons. The number of benzene rings is 1. The summed E-state index contributed by atoms with van der Waals surface area (Å²) in [5, 5.41) is 13.0. The summed E-state index contributed by atoms with van der Waals surface area (Å²) < 4.78 is 7.32. The Morgan fingerprint density at radius 2 is 2.17 bits per heavy atom. The van der Waals surface area contributed by atoms with E-state index < -0.39 is 6.10 Å². The third-order valence-corrected chi connectivity index (χ3v) is 3.44. The van der Waals surface area contributed by atoms with Crippen molar-refractivity contribution >= 4 is 5.91 Å². The van der Waals surface area contributed by atoms with Crippen molar-refractivity contribution in [2.24, 2.45) is 0 Å². The first kappa shape index (κ1) is 17.0. The Labute approximate surface area is 136 Å². The quantitative estimate of drug-likeness (QED) is 0.820. The number of rotatable bonds is 7. The van der Waals surface area contributed by atoms with Crippen LogP contribution in [-0.2, 0) is 4.79 Å². The minimum absolute atomic E-state index is 0.0677. The Morgan fingerprint density at radius 3 is 2.83 bits per heavy atom. The lowest BCUT2D eigenvalue weighted by atomic mass is 10.1. The maximum atomic E-state index is 12.1. The Bertz CT molecular complexity index is 626. The summed E-state index contributed by atoms with van der Waals surface area (Å²) in [4.78, 5) is 16.0. The Balaban J connectivity index is 1.91. The Morgan fingerprint density at radius 1 is 1.39 bits per heavy atom. The fourth-order valence-corrected chi connectivity index (χ4v) is 2.16. The average molecular weight is 317 g/mol. The van der Waals surface area contributed by atoms with Gasteiger partial charge in [-0.25, -0.2) is 4.98 Å². The van der Waals surface area contributed by atoms with E-state index in [1.165, 1.54) is 0 Å². The smallest absolute Gasteiger partial charge is 0.242 e. The van der Waals surface area contributed by atoms with Gasteiger partial charge in [0.25, 0.3) is 0 Å². The molecule has 0 bridgehead atoms. The minimum atomic E-state index is -0.787. The summed E-state index contributed by atoms with van der Waals surface area (Å²) in [6, 6.07) is 6.89. The van der Waals surface area contributed by atoms with Crippen LogP contribution in [0.5, 0.6) is 5.75 Å². The molecule has 0 fully saturated rings. The van der Waals surface area contributed by atoms with Crippen molar-refractivity contribution in [1.82, 2.24) is 14.9 Å². The van der Waals surface area contributed by atoms with Gasteiger partial charge in [-0.05, 0) is 38.5 Å². The maximum absolute atomic E-state index is 12.1. The molecule has 2 N–H and O–H groups in total. The zero-order valence-electron chi connectivity index (χ0n) is 13.6. The number of carbonyl (C=O) groups excluding carboxylic acids is 1. The molecule has 0 aliphatic heterocycles. The fraction of sp³-hybridized carbons (Fsp3) is 0.412. The van der Waals surface area contributed by atoms with Crippen molar-refractivity contribution in [2.45, 2.75) is 39.0 Å². The van der Waals surface area contributed by atoms with Gasteiger partial charge in [-0.3, -0.25) is 4.79 Å². The van der Waals surface area contributed by atoms with Crippen LogP contribution in [0.2, 0.25) is 0 Å². The molecule has 1 amide bonds. The predicted octanol–water partition coefficient (Wildman–Crippen LogP) is 2.08. The number of nitrogens with one attached hydrogen (secondary N) is 1. The monoisotopic (exact) mass is 317 g/mol. The molecular formula is C17H23N3O3. The van der Waals surface area contributed by atoms with Gasteiger partial charge in [0.15, 0.2) is 0 Å². The van der Waals surface area contributed by atoms with Crippen LogP contribution >= 0.6 is 0 Å². The van der Waals surface area contributed by atoms with Crippen LogP contribution in [0.4, 0.5) is 0 Å². The molecule has 1 aromatic carbocycles. The number of carbonyl (C=O) groups is 1. The first-order valence-corrected chi connectivity index (χ1v) is 7.67. The molecule has 0 aliphatic carbocycles. The zero-order valence-corrected chi connectivity index (χ0v) is 13.6. The maximum Gasteiger partial charge on any atom is 0.242 e. The molecule has 0 spiro atoms. The number of imidazole rings is 1. The molecule has 6 nitrogen and oxygen atoms in total. The normalized spacial score (nSPS) is 13.6. The van der Waals surface area contributed by atoms with Crippen LogP contribution in [0.15, 0.2) is 43.0 Å². The average Bonchev–Trinajstić information content (AvgIpc) is 3.05. The summed E-state index contributed by atoms with van der Waals surface area (Å²) in [5.74, 6) is 0.534. The number of amides is 1. The number of hydrogen-bond donors (Lipinski definition) is 2. The molecule has 1 heterocycles. The van der Waals surface area contributed by atoms with Crippen LogP contribution in [0.25, 0.3) is 0 Å². The molecule has 6 heteroatoms. The zero-order chi connectivity index (χ0) is 16.8. The van der Waals surface area contributed by atoms with Crippen molar-refractivity contribution in [3.05, 3.63) is 48.5 Å². The molecule has 2 atom stereocenters. The van der Waals surface area contributed by atoms with Gasteiger partial charge in [0.1, 0.15) is 11.8 Å². The summed E-state index contributed by atoms with van der Waals surface area (Å²) >= 11 is 0. The van der Waals surface area contributed by atoms with Gasteiger partial charge in [0.2, 0.25) is 5.91 Å². The van der Waals surface area contributed by atoms with E-state index in [4.69, 9.17) is 4.74 Å². The third kappa shape index (κ3) is 4.82. The van der Waals surface area contributed by atoms with E-state index in [0.29, 0.717) is 11.3 Å². The molecule has 0 saturated heterocycles. The van der Waals surface area contributed by atoms with Crippen molar-refractivity contribution in [2.75, 3.05) is 6.54 Å². The van der Waals surface area contributed by atoms with Gasteiger partial charge < -0.3 is 19.7 Å². The number of aliphatic hydroxyl groups excluding tert-OH is 1. The van der Waals surface area contributed by atoms with Crippen molar-refractivity contribution in [3.63, 3.8) is 0 Å². The van der Waals surface area contributed by atoms with Gasteiger partial charge in [0.05, 0.1) is 18.5 Å². The van der Waals surface area contributed by atoms with Gasteiger partial charge in [-0.2, -0.15) is 0 Å². The second-order valence-corrected chi connectivity index (χ2v) is 5.69. The number of nitrogens with zero attached hydrogens (tertiary/aromatic N) is 2. The fourth-order valence-electron chi connectivity index (χ4n) is 2.16. The van der Waals surface area contributed by atoms with E-state index in [1.807, 2.05) is 32.0 Å². The molecule has 0 saturated carbocycles. The topological polar surface area (TPSA) is 76.4 Å². The second-order valence-electron chi connectivity index (χ2n) is 5.69. The van der Waals surface area contributed by atoms with E-state index in [2.05, 4.69) is 10.3 Å². The molecule has 2 aromatic rings. The van der Waals surface area contributed by atoms with Gasteiger partial charge in [-0.15, -0.1) is 0 Å². The molecule has 0 aliphatic rings. The van der Waals surface area contributed by atoms with Crippen LogP contribution in [0.3, 0.4) is 0 Å². The van der Waals surface area contributed by atoms with Crippen LogP contribution in [0.1, 0.15) is 38.5 Å². The van der Waals surface area contributed by atoms with Crippen LogP contribution in [0, 0.1) is 0 Å². The van der Waals surface area contributed by atoms with E-state index in [-0.39, 0.29) is 24.6 Å². The van der Waals surface area contributed by atoms with E-state index >= 15 is 0 Å². The standard InChI is InChI=1S/C17H23N3O3/c1-12(2)23-15-6-4-5-14(9-15)16(21)10-19-17(22)13(3)20-8-7-18-11-20/h4-9,11-13,16,21H,10H2,1-3H3,(H,19,22)/t13-,16-/m0/s1. The second kappa shape index (κ2) is 7.78. The SMILES string of the molecule is CC(C)Oc1cccc([C@@H](O)CNC(=O)[C@H](C)n2ccnc2)c1. The lowest BCUT2D eigenvalue weighted by molar-refractivity contribution is -0.124. The van der Waals surface area contributed by atoms with Crippen molar-refractivity contribution in [3.8, 4) is 5.75 Å². The third-order valence-electron chi connectivity index (χ3n) is 3.44. The predicted molar refractivity (Wildman–Crippen MR) is 87.1 cm³/mol. The first-order valence-electron chi connectivity index (χ1n) is 7.67. The summed E-state index contributed by atoms with van der Waals surface area (Å²) in [6.07, 6.45) is 4.22. The molecule has 0 unspecified atom stereocenters. The van der Waals surface area contributed by atoms with E-state index in [9.17, 15) is 9.90 Å². The molecule has 1 aromatic heterocycles. The number of hydrogen-bond acceptors (Lipinski definition) is 4. The van der Waals surface area contributed by atoms with Crippen LogP contribution < -0.4 is 10.1 Å². The summed E-state index contributed by atoms with van der Waals surface area (Å²) in [7, 11) is 0. The highest BCUT2D eigenvalue weighted by molar-refractivity contribution is 5.79. The highest BCUT2D eigenvalue weighted by Gasteiger charge is 2.16. The van der Waals surface area contributed by atoms with Crippen LogP contribution in [-0.4, -0.2) is 33.2 Å². The number of ether oxygens (including phenoxy) is 1. The minimum Gasteiger partial charge on any atom is -0.491 e. The van der Waals surface area contributed by atoms with E-state index in [0.717, 1.165) is 0 Å². The Kier molecular flexibility index (Phi) is 5.76. The molecule has 0 radical (unpaired) electrons. The first-order chi connectivity index (χ1) is 11.0. The lowest BCUT2D eigenvalue weighted by Gasteiger charge is -2.17. The lowest BCUT2D eigenvalue weighted by Crippen LogP contribution is -2.33. The summed E-state index contributed by atoms with van der Waals surface area (Å²) in [5.41, 5.74) is 0.707.